The third-order valence-corrected chi connectivity index (χ3v) is 5.02. The van der Waals surface area contributed by atoms with Gasteiger partial charge in [0.25, 0.3) is 5.91 Å². The van der Waals surface area contributed by atoms with Crippen LogP contribution in [-0.2, 0) is 26.1 Å². The summed E-state index contributed by atoms with van der Waals surface area (Å²) in [4.78, 5) is 19.1. The Morgan fingerprint density at radius 3 is 3.00 bits per heavy atom. The number of hydrogen-bond acceptors (Lipinski definition) is 4. The molecule has 6 heteroatoms. The first-order chi connectivity index (χ1) is 12.2. The summed E-state index contributed by atoms with van der Waals surface area (Å²) in [6, 6.07) is 4.07. The standard InChI is InChI=1S/C19H25N5O/c1-2-21-19(25)18-16-13-23(11-15-4-3-8-20-10-15)9-7-17(16)24(22-18)12-14-5-6-14/h3-4,8,10,14H,2,5-7,9,11-13H2,1H3,(H,21,25). The number of nitrogens with one attached hydrogen (secondary N) is 1. The largest absolute Gasteiger partial charge is 0.351 e. The van der Waals surface area contributed by atoms with E-state index in [2.05, 4.69) is 25.9 Å². The molecule has 0 atom stereocenters. The molecule has 0 bridgehead atoms. The maximum absolute atomic E-state index is 12.5. The van der Waals surface area contributed by atoms with E-state index in [0.29, 0.717) is 12.2 Å². The summed E-state index contributed by atoms with van der Waals surface area (Å²) in [5.41, 5.74) is 4.20. The second-order valence-electron chi connectivity index (χ2n) is 7.08. The van der Waals surface area contributed by atoms with Crippen LogP contribution in [0.4, 0.5) is 0 Å². The van der Waals surface area contributed by atoms with Crippen molar-refractivity contribution in [1.82, 2.24) is 25.0 Å². The Morgan fingerprint density at radius 2 is 2.28 bits per heavy atom. The minimum atomic E-state index is -0.0449. The van der Waals surface area contributed by atoms with Crippen LogP contribution in [0.3, 0.4) is 0 Å². The van der Waals surface area contributed by atoms with Gasteiger partial charge in [-0.25, -0.2) is 0 Å². The number of aromatic nitrogens is 3. The highest BCUT2D eigenvalue weighted by molar-refractivity contribution is 5.94. The van der Waals surface area contributed by atoms with Crippen LogP contribution >= 0.6 is 0 Å². The van der Waals surface area contributed by atoms with Crippen molar-refractivity contribution < 1.29 is 4.79 Å². The van der Waals surface area contributed by atoms with Crippen molar-refractivity contribution in [3.63, 3.8) is 0 Å². The molecule has 132 valence electrons. The number of carbonyl (C=O) groups is 1. The number of nitrogens with zero attached hydrogens (tertiary/aromatic N) is 4. The van der Waals surface area contributed by atoms with E-state index in [1.165, 1.54) is 24.1 Å². The molecule has 25 heavy (non-hydrogen) atoms. The van der Waals surface area contributed by atoms with Crippen LogP contribution in [0.2, 0.25) is 0 Å². The lowest BCUT2D eigenvalue weighted by atomic mass is 10.0. The molecule has 1 aliphatic carbocycles. The topological polar surface area (TPSA) is 63.1 Å². The molecule has 0 radical (unpaired) electrons. The smallest absolute Gasteiger partial charge is 0.272 e. The van der Waals surface area contributed by atoms with Gasteiger partial charge in [-0.1, -0.05) is 6.07 Å². The summed E-state index contributed by atoms with van der Waals surface area (Å²) >= 11 is 0. The quantitative estimate of drug-likeness (QED) is 0.874. The lowest BCUT2D eigenvalue weighted by Crippen LogP contribution is -2.32. The summed E-state index contributed by atoms with van der Waals surface area (Å²) in [7, 11) is 0. The van der Waals surface area contributed by atoms with Crippen molar-refractivity contribution in [2.24, 2.45) is 5.92 Å². The molecule has 4 rings (SSSR count). The molecule has 0 aromatic carbocycles. The Morgan fingerprint density at radius 1 is 1.40 bits per heavy atom. The van der Waals surface area contributed by atoms with Gasteiger partial charge in [-0.2, -0.15) is 5.10 Å². The number of fused-ring (bicyclic) bond motifs is 1. The molecule has 2 aromatic rings. The van der Waals surface area contributed by atoms with Crippen molar-refractivity contribution >= 4 is 5.91 Å². The zero-order valence-electron chi connectivity index (χ0n) is 14.7. The lowest BCUT2D eigenvalue weighted by molar-refractivity contribution is 0.0947. The number of carbonyl (C=O) groups excluding carboxylic acids is 1. The van der Waals surface area contributed by atoms with Crippen LogP contribution in [0.5, 0.6) is 0 Å². The number of pyridine rings is 1. The van der Waals surface area contributed by atoms with Crippen molar-refractivity contribution in [2.45, 2.75) is 45.8 Å². The van der Waals surface area contributed by atoms with E-state index in [4.69, 9.17) is 5.10 Å². The average Bonchev–Trinajstić information content (AvgIpc) is 3.37. The zero-order chi connectivity index (χ0) is 17.2. The van der Waals surface area contributed by atoms with Crippen LogP contribution in [0, 0.1) is 5.92 Å². The molecule has 0 saturated heterocycles. The fraction of sp³-hybridized carbons (Fsp3) is 0.526. The van der Waals surface area contributed by atoms with Crippen molar-refractivity contribution in [1.29, 1.82) is 0 Å². The molecule has 2 aromatic heterocycles. The van der Waals surface area contributed by atoms with Crippen LogP contribution in [0.1, 0.15) is 47.1 Å². The molecule has 0 spiro atoms. The zero-order valence-corrected chi connectivity index (χ0v) is 14.7. The molecule has 1 amide bonds. The van der Waals surface area contributed by atoms with E-state index in [-0.39, 0.29) is 5.91 Å². The molecule has 3 heterocycles. The summed E-state index contributed by atoms with van der Waals surface area (Å²) in [6.45, 7) is 6.16. The van der Waals surface area contributed by atoms with E-state index in [1.807, 2.05) is 19.2 Å². The van der Waals surface area contributed by atoms with Gasteiger partial charge in [0.1, 0.15) is 0 Å². The van der Waals surface area contributed by atoms with Gasteiger partial charge in [-0.3, -0.25) is 19.4 Å². The second-order valence-corrected chi connectivity index (χ2v) is 7.08. The Balaban J connectivity index is 1.58. The molecular weight excluding hydrogens is 314 g/mol. The van der Waals surface area contributed by atoms with E-state index in [1.54, 1.807) is 6.20 Å². The molecule has 1 saturated carbocycles. The van der Waals surface area contributed by atoms with Gasteiger partial charge in [0, 0.05) is 62.8 Å². The normalized spacial score (nSPS) is 17.3. The molecule has 1 fully saturated rings. The Bertz CT molecular complexity index is 751. The predicted molar refractivity (Wildman–Crippen MR) is 95.0 cm³/mol. The van der Waals surface area contributed by atoms with Crippen molar-refractivity contribution in [3.05, 3.63) is 47.0 Å². The summed E-state index contributed by atoms with van der Waals surface area (Å²) < 4.78 is 2.11. The van der Waals surface area contributed by atoms with Crippen LogP contribution in [0.15, 0.2) is 24.5 Å². The predicted octanol–water partition coefficient (Wildman–Crippen LogP) is 2.00. The molecular formula is C19H25N5O. The molecule has 0 unspecified atom stereocenters. The lowest BCUT2D eigenvalue weighted by Gasteiger charge is -2.27. The Kier molecular flexibility index (Phi) is 4.53. The summed E-state index contributed by atoms with van der Waals surface area (Å²) in [6.07, 6.45) is 7.24. The van der Waals surface area contributed by atoms with Gasteiger partial charge < -0.3 is 5.32 Å². The molecule has 6 nitrogen and oxygen atoms in total. The van der Waals surface area contributed by atoms with Crippen LogP contribution in [-0.4, -0.2) is 38.7 Å². The number of rotatable bonds is 6. The third-order valence-electron chi connectivity index (χ3n) is 5.02. The minimum absolute atomic E-state index is 0.0449. The first-order valence-corrected chi connectivity index (χ1v) is 9.22. The second kappa shape index (κ2) is 6.96. The number of amides is 1. The fourth-order valence-corrected chi connectivity index (χ4v) is 3.55. The monoisotopic (exact) mass is 339 g/mol. The van der Waals surface area contributed by atoms with Crippen LogP contribution < -0.4 is 5.32 Å². The summed E-state index contributed by atoms with van der Waals surface area (Å²) in [5, 5.41) is 7.61. The average molecular weight is 339 g/mol. The van der Waals surface area contributed by atoms with E-state index in [9.17, 15) is 4.79 Å². The highest BCUT2D eigenvalue weighted by Gasteiger charge is 2.30. The summed E-state index contributed by atoms with van der Waals surface area (Å²) in [5.74, 6) is 0.705. The third kappa shape index (κ3) is 3.58. The highest BCUT2D eigenvalue weighted by atomic mass is 16.1. The van der Waals surface area contributed by atoms with E-state index >= 15 is 0 Å². The van der Waals surface area contributed by atoms with Gasteiger partial charge in [-0.15, -0.1) is 0 Å². The SMILES string of the molecule is CCNC(=O)c1nn(CC2CC2)c2c1CN(Cc1cccnc1)CC2. The Labute approximate surface area is 148 Å². The van der Waals surface area contributed by atoms with Gasteiger partial charge >= 0.3 is 0 Å². The van der Waals surface area contributed by atoms with Crippen molar-refractivity contribution in [3.8, 4) is 0 Å². The molecule has 1 N–H and O–H groups in total. The first kappa shape index (κ1) is 16.3. The van der Waals surface area contributed by atoms with Gasteiger partial charge in [-0.05, 0) is 37.3 Å². The first-order valence-electron chi connectivity index (χ1n) is 9.22. The molecule has 2 aliphatic rings. The maximum atomic E-state index is 12.5. The van der Waals surface area contributed by atoms with Gasteiger partial charge in [0.15, 0.2) is 5.69 Å². The van der Waals surface area contributed by atoms with Gasteiger partial charge in [0.2, 0.25) is 0 Å². The maximum Gasteiger partial charge on any atom is 0.272 e. The fourth-order valence-electron chi connectivity index (χ4n) is 3.55. The van der Waals surface area contributed by atoms with Crippen molar-refractivity contribution in [2.75, 3.05) is 13.1 Å². The van der Waals surface area contributed by atoms with Crippen LogP contribution in [0.25, 0.3) is 0 Å². The van der Waals surface area contributed by atoms with E-state index in [0.717, 1.165) is 44.1 Å². The number of hydrogen-bond donors (Lipinski definition) is 1. The Hall–Kier alpha value is -2.21. The minimum Gasteiger partial charge on any atom is -0.351 e. The molecule has 1 aliphatic heterocycles. The van der Waals surface area contributed by atoms with E-state index < -0.39 is 0 Å². The van der Waals surface area contributed by atoms with Gasteiger partial charge in [0.05, 0.1) is 0 Å². The highest BCUT2D eigenvalue weighted by Crippen LogP contribution is 2.32.